The van der Waals surface area contributed by atoms with Gasteiger partial charge in [-0.15, -0.1) is 0 Å². The summed E-state index contributed by atoms with van der Waals surface area (Å²) in [6, 6.07) is 9.81. The molecule has 0 radical (unpaired) electrons. The van der Waals surface area contributed by atoms with Crippen molar-refractivity contribution in [3.8, 4) is 0 Å². The van der Waals surface area contributed by atoms with Crippen LogP contribution in [0.2, 0.25) is 0 Å². The van der Waals surface area contributed by atoms with Crippen molar-refractivity contribution in [1.82, 2.24) is 9.21 Å². The highest BCUT2D eigenvalue weighted by Gasteiger charge is 2.45. The predicted octanol–water partition coefficient (Wildman–Crippen LogP) is 2.92. The molecular weight excluding hydrogens is 463 g/mol. The van der Waals surface area contributed by atoms with Crippen LogP contribution in [-0.2, 0) is 24.3 Å². The quantitative estimate of drug-likeness (QED) is 0.329. The van der Waals surface area contributed by atoms with Gasteiger partial charge < -0.3 is 14.7 Å². The lowest BCUT2D eigenvalue weighted by Gasteiger charge is -2.25. The second-order valence-electron chi connectivity index (χ2n) is 7.65. The van der Waals surface area contributed by atoms with E-state index in [1.165, 1.54) is 64.8 Å². The Labute approximate surface area is 198 Å². The van der Waals surface area contributed by atoms with Gasteiger partial charge in [-0.05, 0) is 42.0 Å². The van der Waals surface area contributed by atoms with E-state index in [9.17, 15) is 27.5 Å². The Hall–Kier alpha value is -3.08. The highest BCUT2D eigenvalue weighted by Crippen LogP contribution is 2.39. The van der Waals surface area contributed by atoms with Crippen LogP contribution in [-0.4, -0.2) is 67.8 Å². The van der Waals surface area contributed by atoms with Crippen LogP contribution in [0.15, 0.2) is 59.0 Å². The number of ether oxygens (including phenoxy) is 1. The average molecular weight is 491 g/mol. The largest absolute Gasteiger partial charge is 0.507 e. The lowest BCUT2D eigenvalue weighted by molar-refractivity contribution is -0.140. The van der Waals surface area contributed by atoms with Gasteiger partial charge in [0.2, 0.25) is 10.0 Å². The second kappa shape index (κ2) is 10.5. The minimum atomic E-state index is -3.70. The minimum absolute atomic E-state index is 0.0448. The maximum atomic E-state index is 13.5. The van der Waals surface area contributed by atoms with Gasteiger partial charge in [0.25, 0.3) is 11.7 Å². The molecule has 1 amide bonds. The fraction of sp³-hybridized carbons (Fsp3) is 0.333. The number of aliphatic hydroxyl groups excluding tert-OH is 1. The van der Waals surface area contributed by atoms with Crippen LogP contribution in [0.3, 0.4) is 0 Å². The smallest absolute Gasteiger partial charge is 0.295 e. The molecule has 10 heteroatoms. The normalized spacial score (nSPS) is 18.1. The van der Waals surface area contributed by atoms with E-state index < -0.39 is 39.3 Å². The number of Topliss-reactive ketones (excluding diaryl/α,β-unsaturated/α-hetero) is 1. The standard InChI is InChI=1S/C24H27FN2O6S/c1-4-26(5-2)34(31,32)19-12-8-17(9-13-19)22(28)20-21(16-6-10-18(25)11-7-16)27(14-15-33-3)24(30)23(20)29/h6-13,21,28H,4-5,14-15H2,1-3H3/b22-20+/t21-/m1/s1. The summed E-state index contributed by atoms with van der Waals surface area (Å²) < 4.78 is 45.3. The van der Waals surface area contributed by atoms with Crippen molar-refractivity contribution in [3.63, 3.8) is 0 Å². The summed E-state index contributed by atoms with van der Waals surface area (Å²) >= 11 is 0. The molecule has 1 aliphatic rings. The number of likely N-dealkylation sites (tertiary alicyclic amines) is 1. The molecule has 1 N–H and O–H groups in total. The number of carbonyl (C=O) groups is 2. The number of carbonyl (C=O) groups excluding carboxylic acids is 2. The molecule has 182 valence electrons. The molecule has 1 atom stereocenters. The van der Waals surface area contributed by atoms with Crippen LogP contribution in [0.4, 0.5) is 4.39 Å². The van der Waals surface area contributed by atoms with Gasteiger partial charge in [0, 0.05) is 32.3 Å². The molecule has 1 fully saturated rings. The predicted molar refractivity (Wildman–Crippen MR) is 124 cm³/mol. The van der Waals surface area contributed by atoms with E-state index in [0.717, 1.165) is 0 Å². The number of halogens is 1. The number of methoxy groups -OCH3 is 1. The lowest BCUT2D eigenvalue weighted by atomic mass is 9.95. The monoisotopic (exact) mass is 490 g/mol. The SMILES string of the molecule is CCN(CC)S(=O)(=O)c1ccc(/C(O)=C2\C(=O)C(=O)N(CCOC)[C@@H]2c2ccc(F)cc2)cc1. The average Bonchev–Trinajstić information content (AvgIpc) is 3.08. The van der Waals surface area contributed by atoms with Gasteiger partial charge in [0.1, 0.15) is 11.6 Å². The third-order valence-electron chi connectivity index (χ3n) is 5.73. The van der Waals surface area contributed by atoms with Gasteiger partial charge >= 0.3 is 0 Å². The highest BCUT2D eigenvalue weighted by atomic mass is 32.2. The zero-order valence-electron chi connectivity index (χ0n) is 19.2. The lowest BCUT2D eigenvalue weighted by Crippen LogP contribution is -2.32. The maximum absolute atomic E-state index is 13.5. The maximum Gasteiger partial charge on any atom is 0.295 e. The van der Waals surface area contributed by atoms with Crippen LogP contribution in [0.25, 0.3) is 5.76 Å². The van der Waals surface area contributed by atoms with E-state index in [0.29, 0.717) is 18.7 Å². The van der Waals surface area contributed by atoms with Gasteiger partial charge in [0.15, 0.2) is 0 Å². The van der Waals surface area contributed by atoms with Crippen LogP contribution < -0.4 is 0 Å². The first-order valence-corrected chi connectivity index (χ1v) is 12.2. The highest BCUT2D eigenvalue weighted by molar-refractivity contribution is 7.89. The number of hydrogen-bond donors (Lipinski definition) is 1. The Bertz CT molecular complexity index is 1190. The van der Waals surface area contributed by atoms with Gasteiger partial charge in [0.05, 0.1) is 23.1 Å². The second-order valence-corrected chi connectivity index (χ2v) is 9.59. The first-order chi connectivity index (χ1) is 16.2. The number of amides is 1. The van der Waals surface area contributed by atoms with E-state index in [-0.39, 0.29) is 29.2 Å². The van der Waals surface area contributed by atoms with E-state index in [1.807, 2.05) is 0 Å². The first-order valence-electron chi connectivity index (χ1n) is 10.8. The molecule has 2 aromatic rings. The molecule has 0 unspecified atom stereocenters. The fourth-order valence-electron chi connectivity index (χ4n) is 3.94. The Morgan fingerprint density at radius 3 is 2.18 bits per heavy atom. The number of aliphatic hydroxyl groups is 1. The van der Waals surface area contributed by atoms with Gasteiger partial charge in [-0.1, -0.05) is 26.0 Å². The summed E-state index contributed by atoms with van der Waals surface area (Å²) in [7, 11) is -2.25. The number of nitrogens with zero attached hydrogens (tertiary/aromatic N) is 2. The van der Waals surface area contributed by atoms with E-state index in [2.05, 4.69) is 0 Å². The molecule has 0 spiro atoms. The van der Waals surface area contributed by atoms with Crippen LogP contribution >= 0.6 is 0 Å². The zero-order chi connectivity index (χ0) is 25.0. The first kappa shape index (κ1) is 25.5. The van der Waals surface area contributed by atoms with E-state index in [1.54, 1.807) is 13.8 Å². The fourth-order valence-corrected chi connectivity index (χ4v) is 5.40. The van der Waals surface area contributed by atoms with E-state index >= 15 is 0 Å². The third-order valence-corrected chi connectivity index (χ3v) is 7.80. The Kier molecular flexibility index (Phi) is 7.86. The molecule has 1 saturated heterocycles. The summed E-state index contributed by atoms with van der Waals surface area (Å²) in [5.74, 6) is -2.63. The number of benzene rings is 2. The van der Waals surface area contributed by atoms with E-state index in [4.69, 9.17) is 4.74 Å². The molecule has 8 nitrogen and oxygen atoms in total. The van der Waals surface area contributed by atoms with Gasteiger partial charge in [-0.3, -0.25) is 9.59 Å². The van der Waals surface area contributed by atoms with Crippen molar-refractivity contribution >= 4 is 27.5 Å². The minimum Gasteiger partial charge on any atom is -0.507 e. The summed E-state index contributed by atoms with van der Waals surface area (Å²) in [5, 5.41) is 11.0. The molecule has 3 rings (SSSR count). The molecule has 0 bridgehead atoms. The van der Waals surface area contributed by atoms with Crippen molar-refractivity contribution in [2.24, 2.45) is 0 Å². The van der Waals surface area contributed by atoms with Crippen LogP contribution in [0.1, 0.15) is 31.0 Å². The van der Waals surface area contributed by atoms with Gasteiger partial charge in [-0.25, -0.2) is 12.8 Å². The topological polar surface area (TPSA) is 104 Å². The molecule has 34 heavy (non-hydrogen) atoms. The number of hydrogen-bond acceptors (Lipinski definition) is 6. The summed E-state index contributed by atoms with van der Waals surface area (Å²) in [5.41, 5.74) is 0.460. The van der Waals surface area contributed by atoms with Crippen LogP contribution in [0, 0.1) is 5.82 Å². The van der Waals surface area contributed by atoms with Crippen LogP contribution in [0.5, 0.6) is 0 Å². The number of sulfonamides is 1. The Morgan fingerprint density at radius 1 is 1.06 bits per heavy atom. The molecule has 0 aromatic heterocycles. The molecular formula is C24H27FN2O6S. The number of ketones is 1. The third kappa shape index (κ3) is 4.75. The molecule has 1 aliphatic heterocycles. The Morgan fingerprint density at radius 2 is 1.65 bits per heavy atom. The van der Waals surface area contributed by atoms with Crippen molar-refractivity contribution < 1.29 is 32.2 Å². The molecule has 0 aliphatic carbocycles. The van der Waals surface area contributed by atoms with Crippen molar-refractivity contribution in [1.29, 1.82) is 0 Å². The molecule has 1 heterocycles. The van der Waals surface area contributed by atoms with Crippen molar-refractivity contribution in [2.75, 3.05) is 33.4 Å². The molecule has 0 saturated carbocycles. The summed E-state index contributed by atoms with van der Waals surface area (Å²) in [4.78, 5) is 27.0. The zero-order valence-corrected chi connectivity index (χ0v) is 20.0. The summed E-state index contributed by atoms with van der Waals surface area (Å²) in [6.07, 6.45) is 0. The van der Waals surface area contributed by atoms with Crippen molar-refractivity contribution in [3.05, 3.63) is 71.0 Å². The molecule has 2 aromatic carbocycles. The summed E-state index contributed by atoms with van der Waals surface area (Å²) in [6.45, 7) is 4.33. The number of rotatable bonds is 9. The van der Waals surface area contributed by atoms with Crippen molar-refractivity contribution in [2.45, 2.75) is 24.8 Å². The van der Waals surface area contributed by atoms with Gasteiger partial charge in [-0.2, -0.15) is 4.31 Å². The Balaban J connectivity index is 2.09.